The summed E-state index contributed by atoms with van der Waals surface area (Å²) in [6.07, 6.45) is 2.02. The molecule has 3 aliphatic heterocycles. The predicted molar refractivity (Wildman–Crippen MR) is 484 cm³/mol. The number of carbonyl (C=O) groups is 17. The number of carbonyl (C=O) groups excluding carboxylic acids is 16. The van der Waals surface area contributed by atoms with Gasteiger partial charge in [0, 0.05) is 131 Å². The number of phenols is 1. The van der Waals surface area contributed by atoms with Crippen LogP contribution < -0.4 is 59.7 Å². The molecule has 3 fully saturated rings. The van der Waals surface area contributed by atoms with Gasteiger partial charge in [0.2, 0.25) is 82.7 Å². The number of nitrogens with two attached hydrogens (primary N) is 3. The van der Waals surface area contributed by atoms with Crippen molar-refractivity contribution in [1.29, 1.82) is 0 Å². The van der Waals surface area contributed by atoms with Gasteiger partial charge in [-0.05, 0) is 119 Å². The third-order valence-electron chi connectivity index (χ3n) is 24.4. The number of aliphatic hydroxyl groups is 2. The summed E-state index contributed by atoms with van der Waals surface area (Å²) in [4.78, 5) is 268. The number of aromatic hydroxyl groups is 1. The van der Waals surface area contributed by atoms with Crippen molar-refractivity contribution >= 4 is 134 Å². The number of carboxylic acid groups (broad SMARTS) is 1. The van der Waals surface area contributed by atoms with Crippen molar-refractivity contribution in [2.75, 3.05) is 72.0 Å². The van der Waals surface area contributed by atoms with Gasteiger partial charge >= 0.3 is 5.97 Å². The van der Waals surface area contributed by atoms with Crippen LogP contribution in [0, 0.1) is 11.8 Å². The number of aliphatic hydroxyl groups excluding tert-OH is 2. The van der Waals surface area contributed by atoms with E-state index in [1.54, 1.807) is 60.9 Å². The molecule has 3 saturated heterocycles. The van der Waals surface area contributed by atoms with E-state index < -0.39 is 254 Å². The molecule has 21 N–H and O–H groups in total. The molecule has 15 atom stereocenters. The van der Waals surface area contributed by atoms with Crippen molar-refractivity contribution in [1.82, 2.24) is 87.0 Å². The number of unbranched alkanes of at least 4 members (excludes halogenated alkanes) is 2. The van der Waals surface area contributed by atoms with Gasteiger partial charge in [-0.3, -0.25) is 81.5 Å². The Morgan fingerprint density at radius 3 is 1.74 bits per heavy atom. The van der Waals surface area contributed by atoms with Crippen LogP contribution in [-0.4, -0.2) is 316 Å². The van der Waals surface area contributed by atoms with Gasteiger partial charge < -0.3 is 120 Å². The van der Waals surface area contributed by atoms with E-state index in [1.807, 2.05) is 13.8 Å². The summed E-state index contributed by atoms with van der Waals surface area (Å²) in [5.74, 6) is -19.3. The number of amides is 14. The first-order valence-electron chi connectivity index (χ1n) is 44.6. The van der Waals surface area contributed by atoms with Crippen molar-refractivity contribution in [3.8, 4) is 5.75 Å². The lowest BCUT2D eigenvalue weighted by molar-refractivity contribution is -0.150. The molecule has 0 bridgehead atoms. The molecule has 0 aliphatic carbocycles. The average Bonchev–Trinajstić information content (AvgIpc) is 1.66. The number of H-pyrrole nitrogens is 3. The van der Waals surface area contributed by atoms with Crippen LogP contribution in [0.15, 0.2) is 97.7 Å². The lowest BCUT2D eigenvalue weighted by Gasteiger charge is -2.36. The fourth-order valence-corrected chi connectivity index (χ4v) is 17.7. The molecule has 6 aromatic rings. The standard InChI is InChI=1S/C90H124N20O21S/c1-7-9-20-70-84(125)100-63(29-31-91)82(123)105-69(81(122)97-44-76(93)116)47-132-48-77(117)99-67(34-51-23-25-57(112)26-24-51)87(128)106(4)50(3)79(120)101-65(30-32-92)88(129)109-33-15-22-71(109)85(126)103-66(39-56-43-94-49-98-56)83(124)102-64(27-28-78(118)119)89(130)110-45-58(113)40-73(110)75(115)37-52(35-54-41-95-61-18-13-11-16-59(54)61)80(121)104-68(46-111)74(114)38-53(36-55-42-96-62-19-14-12-17-60(55)62)86(127)108(6)72(21-10-8-2)90(131)107(70)5/h11-14,16-19,23-26,41-43,49-50,52-53,58,63-73,95-96,111-113H,7-10,15,20-22,27-40,44-48,91-92H2,1-6H3,(H2,93,116)(H,94,98)(H,97,122)(H,99,117)(H,100,125)(H,101,120)(H,102,124)(H,103,126)(H,104,121)(H,105,123)(H,118,119)/t50-,52+,53+,58+,63-,64-,65-,66-,67-,68-,69-,70-,71-,72-,73-/m0/s1. The number of likely N-dealkylation sites (N-methyl/N-ethyl adjacent to an activating group) is 3. The topological polar surface area (TPSA) is 622 Å². The number of para-hydroxylation sites is 2. The molecular formula is C90H124N20O21S. The second-order valence-corrected chi connectivity index (χ2v) is 34.9. The Bertz CT molecular complexity index is 5070. The number of nitrogens with zero attached hydrogens (tertiary/aromatic N) is 6. The minimum atomic E-state index is -1.79. The third-order valence-corrected chi connectivity index (χ3v) is 25.4. The van der Waals surface area contributed by atoms with E-state index in [4.69, 9.17) is 17.2 Å². The maximum Gasteiger partial charge on any atom is 0.303 e. The summed E-state index contributed by atoms with van der Waals surface area (Å²) in [5, 5.41) is 65.3. The number of imidazole rings is 1. The molecular weight excluding hydrogens is 1730 g/mol. The monoisotopic (exact) mass is 1850 g/mol. The van der Waals surface area contributed by atoms with E-state index in [-0.39, 0.29) is 95.3 Å². The van der Waals surface area contributed by atoms with Crippen LogP contribution in [0.2, 0.25) is 0 Å². The highest BCUT2D eigenvalue weighted by Gasteiger charge is 2.47. The maximum atomic E-state index is 15.7. The van der Waals surface area contributed by atoms with Crippen LogP contribution in [0.3, 0.4) is 0 Å². The van der Waals surface area contributed by atoms with Gasteiger partial charge in [-0.1, -0.05) is 88.1 Å². The molecule has 42 heteroatoms. The van der Waals surface area contributed by atoms with Crippen molar-refractivity contribution in [3.05, 3.63) is 120 Å². The first kappa shape index (κ1) is 103. The summed E-state index contributed by atoms with van der Waals surface area (Å²) in [6.45, 7) is 2.30. The van der Waals surface area contributed by atoms with Crippen LogP contribution >= 0.6 is 11.8 Å². The number of aliphatic carboxylic acids is 1. The second-order valence-electron chi connectivity index (χ2n) is 33.9. The van der Waals surface area contributed by atoms with Crippen LogP contribution in [0.25, 0.3) is 21.8 Å². The zero-order valence-corrected chi connectivity index (χ0v) is 75.9. The van der Waals surface area contributed by atoms with Crippen molar-refractivity contribution in [2.24, 2.45) is 29.0 Å². The summed E-state index contributed by atoms with van der Waals surface area (Å²) in [6, 6.07) is 1.69. The summed E-state index contributed by atoms with van der Waals surface area (Å²) < 4.78 is 0. The van der Waals surface area contributed by atoms with Crippen LogP contribution in [0.4, 0.5) is 0 Å². The summed E-state index contributed by atoms with van der Waals surface area (Å²) in [7, 11) is 4.01. The van der Waals surface area contributed by atoms with Crippen LogP contribution in [0.5, 0.6) is 5.75 Å². The molecule has 0 spiro atoms. The minimum Gasteiger partial charge on any atom is -0.508 e. The number of thioether (sulfide) groups is 1. The first-order valence-corrected chi connectivity index (χ1v) is 45.7. The van der Waals surface area contributed by atoms with Gasteiger partial charge in [-0.15, -0.1) is 11.8 Å². The first-order chi connectivity index (χ1) is 63.1. The van der Waals surface area contributed by atoms with Gasteiger partial charge in [0.05, 0.1) is 43.1 Å². The molecule has 3 aliphatic rings. The number of aromatic nitrogens is 4. The van der Waals surface area contributed by atoms with Crippen LogP contribution in [-0.2, 0) is 107 Å². The molecule has 3 aromatic carbocycles. The number of primary amides is 1. The molecule has 716 valence electrons. The lowest BCUT2D eigenvalue weighted by Crippen LogP contribution is -2.60. The van der Waals surface area contributed by atoms with Crippen molar-refractivity contribution in [2.45, 2.75) is 221 Å². The Kier molecular flexibility index (Phi) is 38.7. The molecule has 0 unspecified atom stereocenters. The zero-order valence-electron chi connectivity index (χ0n) is 75.0. The Hall–Kier alpha value is -12.7. The normalized spacial score (nSPS) is 25.2. The number of nitrogens with one attached hydrogen (secondary N) is 11. The van der Waals surface area contributed by atoms with Crippen molar-refractivity contribution in [3.63, 3.8) is 0 Å². The molecule has 3 aromatic heterocycles. The fourth-order valence-electron chi connectivity index (χ4n) is 16.8. The molecule has 41 nitrogen and oxygen atoms in total. The Labute approximate surface area is 767 Å². The number of ketones is 2. The third kappa shape index (κ3) is 28.0. The molecule has 6 heterocycles. The highest BCUT2D eigenvalue weighted by molar-refractivity contribution is 8.00. The van der Waals surface area contributed by atoms with Gasteiger partial charge in [0.15, 0.2) is 11.6 Å². The van der Waals surface area contributed by atoms with E-state index >= 15 is 38.4 Å². The molecule has 9 rings (SSSR count). The van der Waals surface area contributed by atoms with Gasteiger partial charge in [-0.2, -0.15) is 0 Å². The average molecular weight is 1850 g/mol. The van der Waals surface area contributed by atoms with Gasteiger partial charge in [0.1, 0.15) is 72.2 Å². The number of hydrogen-bond acceptors (Lipinski definition) is 24. The SMILES string of the molecule is CCCC[C@H]1C(=O)N(C)[C@@H](CCCC)C(=O)N[C@@H](CCN)C(=O)N[C@H](C(=O)NCC(N)=O)CSCC(=O)N[C@@H](Cc2ccc(O)cc2)C(=O)N(C)[C@@H](C)C(=O)N[C@@H](CCN)C(=O)N2CCC[C@H]2C(=O)N[C@@H](Cc2c[nH]cn2)C(=O)N[C@@H](CCC(=O)O)C(=O)N2C[C@H](O)C[C@H]2C(=O)C[C@@H](Cc2c[nH]c3ccccc23)C(=O)N[C@@H](CO)C(=O)C[C@@H](Cc2c[nH]c3ccccc23)C(=O)N1C. The summed E-state index contributed by atoms with van der Waals surface area (Å²) in [5.41, 5.74) is 20.6. The zero-order chi connectivity index (χ0) is 96.2. The van der Waals surface area contributed by atoms with E-state index in [0.717, 1.165) is 21.6 Å². The number of fused-ring (bicyclic) bond motifs is 4. The van der Waals surface area contributed by atoms with Crippen molar-refractivity contribution < 1.29 is 102 Å². The maximum absolute atomic E-state index is 15.7. The number of carboxylic acids is 1. The Morgan fingerprint density at radius 2 is 1.13 bits per heavy atom. The smallest absolute Gasteiger partial charge is 0.303 e. The number of aromatic amines is 3. The number of hydrogen-bond donors (Lipinski definition) is 18. The second kappa shape index (κ2) is 49.5. The summed E-state index contributed by atoms with van der Waals surface area (Å²) >= 11 is 0.789. The minimum absolute atomic E-state index is 0.0137. The number of phenolic OH excluding ortho intramolecular Hbond substituents is 1. The molecule has 14 amide bonds. The van der Waals surface area contributed by atoms with E-state index in [9.17, 15) is 63.6 Å². The number of rotatable bonds is 25. The molecule has 0 radical (unpaired) electrons. The van der Waals surface area contributed by atoms with Gasteiger partial charge in [0.25, 0.3) is 0 Å². The largest absolute Gasteiger partial charge is 0.508 e. The van der Waals surface area contributed by atoms with Gasteiger partial charge in [-0.25, -0.2) is 4.98 Å². The highest BCUT2D eigenvalue weighted by atomic mass is 32.2. The Morgan fingerprint density at radius 1 is 0.561 bits per heavy atom. The van der Waals surface area contributed by atoms with E-state index in [2.05, 4.69) is 62.5 Å². The molecule has 132 heavy (non-hydrogen) atoms. The van der Waals surface area contributed by atoms with Crippen LogP contribution in [0.1, 0.15) is 139 Å². The lowest BCUT2D eigenvalue weighted by atomic mass is 9.88. The number of Topliss-reactive ketones (excluding diaryl/α,β-unsaturated/α-hetero) is 2. The van der Waals surface area contributed by atoms with E-state index in [0.29, 0.717) is 64.2 Å². The quantitative estimate of drug-likeness (QED) is 0.0314. The predicted octanol–water partition coefficient (Wildman–Crippen LogP) is -1.37. The fraction of sp³-hybridized carbons (Fsp3) is 0.533. The Balaban J connectivity index is 1.09. The van der Waals surface area contributed by atoms with E-state index in [1.165, 1.54) is 79.6 Å². The molecule has 0 saturated carbocycles. The number of benzene rings is 3. The highest BCUT2D eigenvalue weighted by Crippen LogP contribution is 2.31.